The largest absolute Gasteiger partial charge is 0.490 e. The van der Waals surface area contributed by atoms with Crippen molar-refractivity contribution in [3.8, 4) is 17.2 Å². The summed E-state index contributed by atoms with van der Waals surface area (Å²) in [5.41, 5.74) is 0.436. The van der Waals surface area contributed by atoms with E-state index in [1.165, 1.54) is 19.2 Å². The Labute approximate surface area is 150 Å². The van der Waals surface area contributed by atoms with E-state index in [9.17, 15) is 14.9 Å². The summed E-state index contributed by atoms with van der Waals surface area (Å²) in [5, 5.41) is 11.0. The monoisotopic (exact) mass is 409 g/mol. The molecule has 8 nitrogen and oxygen atoms in total. The summed E-state index contributed by atoms with van der Waals surface area (Å²) in [4.78, 5) is 22.6. The van der Waals surface area contributed by atoms with E-state index in [1.807, 2.05) is 0 Å². The highest BCUT2D eigenvalue weighted by Crippen LogP contribution is 2.37. The van der Waals surface area contributed by atoms with Gasteiger partial charge in [0.05, 0.1) is 17.6 Å². The summed E-state index contributed by atoms with van der Waals surface area (Å²) in [6, 6.07) is 7.31. The van der Waals surface area contributed by atoms with Crippen molar-refractivity contribution in [2.45, 2.75) is 6.61 Å². The van der Waals surface area contributed by atoms with Gasteiger partial charge in [-0.25, -0.2) is 4.79 Å². The molecule has 130 valence electrons. The van der Waals surface area contributed by atoms with Crippen molar-refractivity contribution in [1.82, 2.24) is 0 Å². The number of methoxy groups -OCH3 is 1. The van der Waals surface area contributed by atoms with Gasteiger partial charge in [-0.05, 0) is 24.3 Å². The van der Waals surface area contributed by atoms with Gasteiger partial charge in [0.15, 0.2) is 17.2 Å². The molecule has 0 fully saturated rings. The predicted octanol–water partition coefficient (Wildman–Crippen LogP) is 3.45. The van der Waals surface area contributed by atoms with Gasteiger partial charge < -0.3 is 18.9 Å². The number of hydrogen-bond acceptors (Lipinski definition) is 7. The lowest BCUT2D eigenvalue weighted by Crippen LogP contribution is -2.06. The molecule has 0 unspecified atom stereocenters. The lowest BCUT2D eigenvalue weighted by atomic mass is 10.2. The maximum absolute atomic E-state index is 12.2. The number of rotatable bonds is 5. The number of carbonyl (C=O) groups excluding carboxylic acids is 1. The topological polar surface area (TPSA) is 97.1 Å². The minimum absolute atomic E-state index is 0.0319. The Morgan fingerprint density at radius 1 is 1.28 bits per heavy atom. The Kier molecular flexibility index (Phi) is 4.75. The Hall–Kier alpha value is -2.81. The second kappa shape index (κ2) is 6.98. The van der Waals surface area contributed by atoms with Crippen molar-refractivity contribution in [2.75, 3.05) is 13.9 Å². The van der Waals surface area contributed by atoms with Gasteiger partial charge >= 0.3 is 11.7 Å². The maximum atomic E-state index is 12.2. The first-order chi connectivity index (χ1) is 12.0. The number of esters is 1. The second-order valence-corrected chi connectivity index (χ2v) is 5.87. The molecule has 0 spiro atoms. The van der Waals surface area contributed by atoms with E-state index in [0.717, 1.165) is 6.07 Å². The zero-order valence-electron chi connectivity index (χ0n) is 13.0. The van der Waals surface area contributed by atoms with Gasteiger partial charge in [0.1, 0.15) is 6.61 Å². The van der Waals surface area contributed by atoms with Crippen molar-refractivity contribution in [2.24, 2.45) is 0 Å². The summed E-state index contributed by atoms with van der Waals surface area (Å²) < 4.78 is 21.4. The van der Waals surface area contributed by atoms with E-state index in [1.54, 1.807) is 12.1 Å². The highest BCUT2D eigenvalue weighted by Gasteiger charge is 2.20. The van der Waals surface area contributed by atoms with Crippen molar-refractivity contribution < 1.29 is 28.7 Å². The van der Waals surface area contributed by atoms with Gasteiger partial charge in [0, 0.05) is 16.1 Å². The fourth-order valence-corrected chi connectivity index (χ4v) is 2.69. The van der Waals surface area contributed by atoms with E-state index < -0.39 is 10.9 Å². The number of carbonyl (C=O) groups is 1. The summed E-state index contributed by atoms with van der Waals surface area (Å²) in [6.07, 6.45) is 0. The summed E-state index contributed by atoms with van der Waals surface area (Å²) in [7, 11) is 1.32. The molecule has 0 radical (unpaired) electrons. The molecular formula is C16H12BrNO7. The van der Waals surface area contributed by atoms with E-state index in [0.29, 0.717) is 21.5 Å². The SMILES string of the molecule is COc1ccc(C(=O)OCc2cc3c(cc2Br)OCO3)cc1[N+](=O)[O-]. The molecule has 1 aliphatic rings. The van der Waals surface area contributed by atoms with Gasteiger partial charge in [0.25, 0.3) is 0 Å². The minimum atomic E-state index is -0.685. The second-order valence-electron chi connectivity index (χ2n) is 5.02. The number of nitrogens with zero attached hydrogens (tertiary/aromatic N) is 1. The molecule has 9 heteroatoms. The maximum Gasteiger partial charge on any atom is 0.338 e. The number of nitro groups is 1. The van der Waals surface area contributed by atoms with Crippen LogP contribution in [-0.4, -0.2) is 24.8 Å². The number of halogens is 1. The highest BCUT2D eigenvalue weighted by atomic mass is 79.9. The molecule has 2 aromatic rings. The van der Waals surface area contributed by atoms with Crippen LogP contribution in [0.15, 0.2) is 34.8 Å². The predicted molar refractivity (Wildman–Crippen MR) is 89.0 cm³/mol. The first kappa shape index (κ1) is 17.0. The Morgan fingerprint density at radius 2 is 2.00 bits per heavy atom. The van der Waals surface area contributed by atoms with Crippen molar-refractivity contribution in [3.63, 3.8) is 0 Å². The number of benzene rings is 2. The molecule has 0 amide bonds. The quantitative estimate of drug-likeness (QED) is 0.423. The van der Waals surface area contributed by atoms with E-state index in [2.05, 4.69) is 15.9 Å². The third-order valence-corrected chi connectivity index (χ3v) is 4.25. The number of fused-ring (bicyclic) bond motifs is 1. The van der Waals surface area contributed by atoms with Gasteiger partial charge in [-0.3, -0.25) is 10.1 Å². The Morgan fingerprint density at radius 3 is 2.68 bits per heavy atom. The van der Waals surface area contributed by atoms with Crippen LogP contribution in [0.3, 0.4) is 0 Å². The van der Waals surface area contributed by atoms with Crippen LogP contribution in [0.5, 0.6) is 17.2 Å². The Bertz CT molecular complexity index is 853. The van der Waals surface area contributed by atoms with E-state index in [4.69, 9.17) is 18.9 Å². The van der Waals surface area contributed by atoms with Crippen LogP contribution in [0, 0.1) is 10.1 Å². The van der Waals surface area contributed by atoms with Gasteiger partial charge in [-0.15, -0.1) is 0 Å². The first-order valence-corrected chi connectivity index (χ1v) is 7.86. The summed E-state index contributed by atoms with van der Waals surface area (Å²) >= 11 is 3.37. The molecule has 0 aliphatic carbocycles. The van der Waals surface area contributed by atoms with Gasteiger partial charge in [-0.1, -0.05) is 15.9 Å². The molecule has 1 aliphatic heterocycles. The van der Waals surface area contributed by atoms with Crippen LogP contribution in [0.4, 0.5) is 5.69 Å². The average molecular weight is 410 g/mol. The molecule has 0 bridgehead atoms. The van der Waals surface area contributed by atoms with Gasteiger partial charge in [0.2, 0.25) is 6.79 Å². The zero-order chi connectivity index (χ0) is 18.0. The molecule has 2 aromatic carbocycles. The molecule has 1 heterocycles. The van der Waals surface area contributed by atoms with Crippen LogP contribution in [0.1, 0.15) is 15.9 Å². The van der Waals surface area contributed by atoms with Crippen LogP contribution in [0.25, 0.3) is 0 Å². The van der Waals surface area contributed by atoms with Crippen LogP contribution in [0.2, 0.25) is 0 Å². The minimum Gasteiger partial charge on any atom is -0.490 e. The number of ether oxygens (including phenoxy) is 4. The van der Waals surface area contributed by atoms with Gasteiger partial charge in [-0.2, -0.15) is 0 Å². The van der Waals surface area contributed by atoms with Crippen LogP contribution in [-0.2, 0) is 11.3 Å². The molecule has 3 rings (SSSR count). The average Bonchev–Trinajstić information content (AvgIpc) is 3.05. The van der Waals surface area contributed by atoms with E-state index >= 15 is 0 Å². The third kappa shape index (κ3) is 3.50. The van der Waals surface area contributed by atoms with Crippen molar-refractivity contribution in [3.05, 3.63) is 56.0 Å². The molecule has 0 N–H and O–H groups in total. The van der Waals surface area contributed by atoms with E-state index in [-0.39, 0.29) is 30.4 Å². The standard InChI is InChI=1S/C16H12BrNO7/c1-22-13-3-2-9(4-12(13)18(20)21)16(19)23-7-10-5-14-15(6-11(10)17)25-8-24-14/h2-6H,7-8H2,1H3. The number of hydrogen-bond donors (Lipinski definition) is 0. The lowest BCUT2D eigenvalue weighted by Gasteiger charge is -2.09. The smallest absolute Gasteiger partial charge is 0.338 e. The fraction of sp³-hybridized carbons (Fsp3) is 0.188. The molecule has 0 aromatic heterocycles. The Balaban J connectivity index is 1.75. The molecule has 0 saturated heterocycles. The molecule has 25 heavy (non-hydrogen) atoms. The summed E-state index contributed by atoms with van der Waals surface area (Å²) in [6.45, 7) is 0.108. The zero-order valence-corrected chi connectivity index (χ0v) is 14.6. The molecule has 0 saturated carbocycles. The normalized spacial score (nSPS) is 11.9. The highest BCUT2D eigenvalue weighted by molar-refractivity contribution is 9.10. The third-order valence-electron chi connectivity index (χ3n) is 3.51. The molecule has 0 atom stereocenters. The lowest BCUT2D eigenvalue weighted by molar-refractivity contribution is -0.385. The van der Waals surface area contributed by atoms with Crippen molar-refractivity contribution >= 4 is 27.6 Å². The molecular weight excluding hydrogens is 398 g/mol. The number of nitro benzene ring substituents is 1. The van der Waals surface area contributed by atoms with Crippen molar-refractivity contribution in [1.29, 1.82) is 0 Å². The summed E-state index contributed by atoms with van der Waals surface area (Å²) in [5.74, 6) is 0.553. The fourth-order valence-electron chi connectivity index (χ4n) is 2.26. The van der Waals surface area contributed by atoms with Crippen LogP contribution >= 0.6 is 15.9 Å². The van der Waals surface area contributed by atoms with Crippen LogP contribution < -0.4 is 14.2 Å². The first-order valence-electron chi connectivity index (χ1n) is 7.07.